The van der Waals surface area contributed by atoms with Gasteiger partial charge in [-0.2, -0.15) is 13.2 Å². The van der Waals surface area contributed by atoms with Gasteiger partial charge >= 0.3 is 6.18 Å². The SMILES string of the molecule is CC(C)(C)c1ccccc1-c1cc(C(F)(F)F)cc(-c2ccccc2C(C)(C)C)c1-c1ccc(-c2ccccn2)cc1. The van der Waals surface area contributed by atoms with Crippen LogP contribution in [0.4, 0.5) is 13.2 Å². The maximum absolute atomic E-state index is 14.6. The zero-order chi connectivity index (χ0) is 30.3. The van der Waals surface area contributed by atoms with Crippen LogP contribution in [0.2, 0.25) is 0 Å². The maximum atomic E-state index is 14.6. The molecule has 0 aliphatic heterocycles. The largest absolute Gasteiger partial charge is 0.416 e. The zero-order valence-electron chi connectivity index (χ0n) is 25.0. The van der Waals surface area contributed by atoms with Crippen LogP contribution in [0, 0.1) is 0 Å². The van der Waals surface area contributed by atoms with Gasteiger partial charge in [-0.15, -0.1) is 0 Å². The molecule has 5 rings (SSSR count). The molecule has 0 N–H and O–H groups in total. The summed E-state index contributed by atoms with van der Waals surface area (Å²) in [7, 11) is 0. The second-order valence-corrected chi connectivity index (χ2v) is 12.8. The van der Waals surface area contributed by atoms with Gasteiger partial charge in [-0.1, -0.05) is 120 Å². The van der Waals surface area contributed by atoms with E-state index < -0.39 is 11.7 Å². The number of aromatic nitrogens is 1. The number of benzene rings is 4. The second-order valence-electron chi connectivity index (χ2n) is 12.8. The predicted octanol–water partition coefficient (Wildman–Crippen LogP) is 11.4. The Bertz CT molecular complexity index is 1620. The average Bonchev–Trinajstić information content (AvgIpc) is 2.96. The normalized spacial score (nSPS) is 12.4. The van der Waals surface area contributed by atoms with E-state index in [0.29, 0.717) is 11.1 Å². The number of halogens is 3. The molecule has 1 heterocycles. The first-order valence-electron chi connectivity index (χ1n) is 14.2. The first-order chi connectivity index (χ1) is 19.7. The molecule has 0 fully saturated rings. The molecule has 0 aliphatic rings. The van der Waals surface area contributed by atoms with E-state index in [0.717, 1.165) is 44.6 Å². The lowest BCUT2D eigenvalue weighted by molar-refractivity contribution is -0.137. The van der Waals surface area contributed by atoms with E-state index in [4.69, 9.17) is 0 Å². The molecule has 4 aromatic carbocycles. The lowest BCUT2D eigenvalue weighted by atomic mass is 9.76. The van der Waals surface area contributed by atoms with Crippen molar-refractivity contribution < 1.29 is 13.2 Å². The lowest BCUT2D eigenvalue weighted by Crippen LogP contribution is -2.15. The Balaban J connectivity index is 1.91. The third kappa shape index (κ3) is 5.90. The van der Waals surface area contributed by atoms with E-state index in [1.54, 1.807) is 6.20 Å². The van der Waals surface area contributed by atoms with Crippen LogP contribution in [0.25, 0.3) is 44.6 Å². The van der Waals surface area contributed by atoms with Gasteiger partial charge in [0, 0.05) is 11.8 Å². The van der Waals surface area contributed by atoms with Crippen molar-refractivity contribution in [3.8, 4) is 44.6 Å². The Kier molecular flexibility index (Phi) is 7.61. The van der Waals surface area contributed by atoms with Crippen LogP contribution in [0.15, 0.2) is 109 Å². The third-order valence-electron chi connectivity index (χ3n) is 7.65. The predicted molar refractivity (Wildman–Crippen MR) is 168 cm³/mol. The minimum atomic E-state index is -4.52. The van der Waals surface area contributed by atoms with Crippen molar-refractivity contribution >= 4 is 0 Å². The molecule has 0 saturated heterocycles. The van der Waals surface area contributed by atoms with Crippen molar-refractivity contribution in [1.82, 2.24) is 4.98 Å². The summed E-state index contributed by atoms with van der Waals surface area (Å²) in [5.41, 5.74) is 6.91. The smallest absolute Gasteiger partial charge is 0.256 e. The molecule has 0 aliphatic carbocycles. The fraction of sp³-hybridized carbons (Fsp3) is 0.237. The minimum absolute atomic E-state index is 0.283. The van der Waals surface area contributed by atoms with Gasteiger partial charge in [0.2, 0.25) is 0 Å². The minimum Gasteiger partial charge on any atom is -0.256 e. The van der Waals surface area contributed by atoms with Crippen molar-refractivity contribution in [3.05, 3.63) is 126 Å². The Hall–Kier alpha value is -4.18. The third-order valence-corrected chi connectivity index (χ3v) is 7.65. The van der Waals surface area contributed by atoms with Gasteiger partial charge in [-0.25, -0.2) is 0 Å². The summed E-state index contributed by atoms with van der Waals surface area (Å²) in [6.45, 7) is 12.6. The molecule has 1 aromatic heterocycles. The summed E-state index contributed by atoms with van der Waals surface area (Å²) in [5.74, 6) is 0. The molecule has 0 bridgehead atoms. The topological polar surface area (TPSA) is 12.9 Å². The number of pyridine rings is 1. The van der Waals surface area contributed by atoms with Crippen molar-refractivity contribution in [2.45, 2.75) is 58.5 Å². The molecule has 0 unspecified atom stereocenters. The van der Waals surface area contributed by atoms with Crippen LogP contribution in [0.3, 0.4) is 0 Å². The molecule has 1 nitrogen and oxygen atoms in total. The monoisotopic (exact) mass is 563 g/mol. The van der Waals surface area contributed by atoms with Gasteiger partial charge in [0.05, 0.1) is 11.3 Å². The van der Waals surface area contributed by atoms with Crippen molar-refractivity contribution in [1.29, 1.82) is 0 Å². The Morgan fingerprint density at radius 3 is 1.38 bits per heavy atom. The van der Waals surface area contributed by atoms with Gasteiger partial charge in [-0.05, 0) is 79.6 Å². The number of nitrogens with zero attached hydrogens (tertiary/aromatic N) is 1. The number of alkyl halides is 3. The molecule has 42 heavy (non-hydrogen) atoms. The summed E-state index contributed by atoms with van der Waals surface area (Å²) in [6, 6.07) is 32.1. The molecule has 5 aromatic rings. The first-order valence-corrected chi connectivity index (χ1v) is 14.2. The van der Waals surface area contributed by atoms with Crippen molar-refractivity contribution in [2.24, 2.45) is 0 Å². The first kappa shape index (κ1) is 29.3. The molecular formula is C38H36F3N. The van der Waals surface area contributed by atoms with Gasteiger partial charge < -0.3 is 0 Å². The number of rotatable bonds is 4. The lowest BCUT2D eigenvalue weighted by Gasteiger charge is -2.28. The van der Waals surface area contributed by atoms with E-state index in [1.165, 1.54) is 12.1 Å². The fourth-order valence-corrected chi connectivity index (χ4v) is 5.63. The van der Waals surface area contributed by atoms with Crippen molar-refractivity contribution in [3.63, 3.8) is 0 Å². The highest BCUT2D eigenvalue weighted by Gasteiger charge is 2.34. The van der Waals surface area contributed by atoms with Crippen LogP contribution in [0.1, 0.15) is 58.2 Å². The van der Waals surface area contributed by atoms with Crippen LogP contribution in [0.5, 0.6) is 0 Å². The highest BCUT2D eigenvalue weighted by atomic mass is 19.4. The number of hydrogen-bond donors (Lipinski definition) is 0. The second kappa shape index (κ2) is 10.9. The Morgan fingerprint density at radius 1 is 0.500 bits per heavy atom. The average molecular weight is 564 g/mol. The van der Waals surface area contributed by atoms with E-state index in [-0.39, 0.29) is 10.8 Å². The summed E-state index contributed by atoms with van der Waals surface area (Å²) in [6.07, 6.45) is -2.76. The van der Waals surface area contributed by atoms with Crippen LogP contribution in [-0.4, -0.2) is 4.98 Å². The highest BCUT2D eigenvalue weighted by Crippen LogP contribution is 2.48. The van der Waals surface area contributed by atoms with Crippen LogP contribution >= 0.6 is 0 Å². The molecule has 0 amide bonds. The van der Waals surface area contributed by atoms with Gasteiger partial charge in [-0.3, -0.25) is 4.98 Å². The van der Waals surface area contributed by atoms with Crippen LogP contribution < -0.4 is 0 Å². The van der Waals surface area contributed by atoms with Crippen molar-refractivity contribution in [2.75, 3.05) is 0 Å². The molecule has 0 spiro atoms. The molecular weight excluding hydrogens is 527 g/mol. The van der Waals surface area contributed by atoms with E-state index in [2.05, 4.69) is 46.5 Å². The highest BCUT2D eigenvalue weighted by molar-refractivity contribution is 5.97. The quantitative estimate of drug-likeness (QED) is 0.212. The fourth-order valence-electron chi connectivity index (χ4n) is 5.63. The molecule has 4 heteroatoms. The van der Waals surface area contributed by atoms with E-state index in [1.807, 2.05) is 91.0 Å². The van der Waals surface area contributed by atoms with E-state index in [9.17, 15) is 13.2 Å². The maximum Gasteiger partial charge on any atom is 0.416 e. The Morgan fingerprint density at radius 2 is 0.952 bits per heavy atom. The Labute approximate surface area is 247 Å². The van der Waals surface area contributed by atoms with Crippen LogP contribution in [-0.2, 0) is 17.0 Å². The molecule has 214 valence electrons. The summed E-state index contributed by atoms with van der Waals surface area (Å²) >= 11 is 0. The van der Waals surface area contributed by atoms with Gasteiger partial charge in [0.25, 0.3) is 0 Å². The number of hydrogen-bond acceptors (Lipinski definition) is 1. The molecule has 0 saturated carbocycles. The summed E-state index contributed by atoms with van der Waals surface area (Å²) < 4.78 is 43.8. The summed E-state index contributed by atoms with van der Waals surface area (Å²) in [5, 5.41) is 0. The molecule has 0 radical (unpaired) electrons. The van der Waals surface area contributed by atoms with E-state index >= 15 is 0 Å². The summed E-state index contributed by atoms with van der Waals surface area (Å²) in [4.78, 5) is 4.47. The standard InChI is InChI=1S/C38H36F3N/c1-36(2,3)32-15-9-7-13-28(32)30-23-27(38(39,40)41)24-31(29-14-8-10-16-33(29)37(4,5)6)35(30)26-20-18-25(19-21-26)34-17-11-12-22-42-34/h7-24H,1-6H3. The zero-order valence-corrected chi connectivity index (χ0v) is 25.0. The van der Waals surface area contributed by atoms with Gasteiger partial charge in [0.1, 0.15) is 0 Å². The van der Waals surface area contributed by atoms with Gasteiger partial charge in [0.15, 0.2) is 0 Å². The molecule has 0 atom stereocenters.